The summed E-state index contributed by atoms with van der Waals surface area (Å²) in [6, 6.07) is 0. The normalized spacial score (nSPS) is 15.4. The maximum absolute atomic E-state index is 9.83. The van der Waals surface area contributed by atoms with Crippen molar-refractivity contribution in [3.8, 4) is 0 Å². The highest BCUT2D eigenvalue weighted by atomic mass is 32.2. The van der Waals surface area contributed by atoms with Crippen LogP contribution in [0.4, 0.5) is 0 Å². The van der Waals surface area contributed by atoms with E-state index in [1.807, 2.05) is 0 Å². The van der Waals surface area contributed by atoms with Crippen LogP contribution < -0.4 is 0 Å². The van der Waals surface area contributed by atoms with Gasteiger partial charge in [0.2, 0.25) is 0 Å². The Hall–Kier alpha value is -0.170. The van der Waals surface area contributed by atoms with Gasteiger partial charge in [0.15, 0.2) is 0 Å². The SMILES string of the molecule is O=S(=O)(O)[CH]C(O)CO. The Balaban J connectivity index is 3.75. The molecule has 5 nitrogen and oxygen atoms in total. The van der Waals surface area contributed by atoms with Gasteiger partial charge in [-0.1, -0.05) is 0 Å². The van der Waals surface area contributed by atoms with Gasteiger partial charge >= 0.3 is 0 Å². The monoisotopic (exact) mass is 155 g/mol. The van der Waals surface area contributed by atoms with Crippen molar-refractivity contribution in [2.24, 2.45) is 0 Å². The lowest BCUT2D eigenvalue weighted by Crippen LogP contribution is -2.17. The minimum absolute atomic E-state index is 0.243. The predicted molar refractivity (Wildman–Crippen MR) is 28.9 cm³/mol. The number of aliphatic hydroxyl groups excluding tert-OH is 2. The van der Waals surface area contributed by atoms with E-state index in [1.165, 1.54) is 0 Å². The van der Waals surface area contributed by atoms with Crippen molar-refractivity contribution in [1.82, 2.24) is 0 Å². The van der Waals surface area contributed by atoms with E-state index in [1.54, 1.807) is 0 Å². The van der Waals surface area contributed by atoms with Crippen molar-refractivity contribution in [3.63, 3.8) is 0 Å². The Morgan fingerprint density at radius 2 is 2.00 bits per heavy atom. The van der Waals surface area contributed by atoms with Crippen molar-refractivity contribution in [2.45, 2.75) is 6.10 Å². The van der Waals surface area contributed by atoms with Crippen LogP contribution in [0.3, 0.4) is 0 Å². The van der Waals surface area contributed by atoms with Crippen LogP contribution in [-0.2, 0) is 10.1 Å². The summed E-state index contributed by atoms with van der Waals surface area (Å²) in [6.45, 7) is -0.722. The molecule has 0 fully saturated rings. The molecule has 0 rings (SSSR count). The largest absolute Gasteiger partial charge is 0.394 e. The third kappa shape index (κ3) is 5.71. The standard InChI is InChI=1S/C3H7O5S/c4-1-3(5)2-9(6,7)8/h2-5H,1H2,(H,6,7,8). The molecule has 0 amide bonds. The lowest BCUT2D eigenvalue weighted by atomic mass is 10.4. The number of rotatable bonds is 3. The van der Waals surface area contributed by atoms with Gasteiger partial charge in [-0.05, 0) is 0 Å². The van der Waals surface area contributed by atoms with Crippen LogP contribution in [-0.4, -0.2) is 35.9 Å². The first kappa shape index (κ1) is 8.83. The first-order chi connectivity index (χ1) is 3.95. The minimum Gasteiger partial charge on any atom is -0.394 e. The van der Waals surface area contributed by atoms with E-state index in [-0.39, 0.29) is 5.75 Å². The Kier molecular flexibility index (Phi) is 3.06. The molecule has 0 aromatic heterocycles. The first-order valence-corrected chi connectivity index (χ1v) is 3.57. The fourth-order valence-corrected chi connectivity index (χ4v) is 0.725. The van der Waals surface area contributed by atoms with E-state index in [2.05, 4.69) is 0 Å². The van der Waals surface area contributed by atoms with Crippen LogP contribution in [0.2, 0.25) is 0 Å². The molecular weight excluding hydrogens is 148 g/mol. The second-order valence-corrected chi connectivity index (χ2v) is 2.70. The molecule has 0 spiro atoms. The van der Waals surface area contributed by atoms with Crippen molar-refractivity contribution >= 4 is 10.1 Å². The van der Waals surface area contributed by atoms with Gasteiger partial charge < -0.3 is 10.2 Å². The van der Waals surface area contributed by atoms with Crippen molar-refractivity contribution in [1.29, 1.82) is 0 Å². The average molecular weight is 155 g/mol. The summed E-state index contributed by atoms with van der Waals surface area (Å²) in [4.78, 5) is 0. The summed E-state index contributed by atoms with van der Waals surface area (Å²) in [6.07, 6.45) is -1.51. The van der Waals surface area contributed by atoms with Gasteiger partial charge in [0.05, 0.1) is 12.7 Å². The van der Waals surface area contributed by atoms with Crippen LogP contribution in [0.1, 0.15) is 0 Å². The Morgan fingerprint density at radius 3 is 2.11 bits per heavy atom. The fraction of sp³-hybridized carbons (Fsp3) is 0.667. The zero-order valence-electron chi connectivity index (χ0n) is 4.43. The molecule has 1 atom stereocenters. The van der Waals surface area contributed by atoms with E-state index in [4.69, 9.17) is 14.8 Å². The van der Waals surface area contributed by atoms with Crippen molar-refractivity contribution in [3.05, 3.63) is 5.75 Å². The third-order valence-corrected chi connectivity index (χ3v) is 1.17. The molecule has 3 N–H and O–H groups in total. The maximum Gasteiger partial charge on any atom is 0.271 e. The van der Waals surface area contributed by atoms with Crippen LogP contribution in [0, 0.1) is 5.75 Å². The Morgan fingerprint density at radius 1 is 1.56 bits per heavy atom. The second kappa shape index (κ2) is 3.11. The van der Waals surface area contributed by atoms with E-state index >= 15 is 0 Å². The van der Waals surface area contributed by atoms with Gasteiger partial charge in [0.25, 0.3) is 10.1 Å². The smallest absolute Gasteiger partial charge is 0.271 e. The van der Waals surface area contributed by atoms with E-state index in [9.17, 15) is 8.42 Å². The predicted octanol–water partition coefficient (Wildman–Crippen LogP) is -1.61. The molecule has 0 saturated carbocycles. The highest BCUT2D eigenvalue weighted by molar-refractivity contribution is 7.87. The number of hydrogen-bond acceptors (Lipinski definition) is 4. The third-order valence-electron chi connectivity index (χ3n) is 0.516. The van der Waals surface area contributed by atoms with Crippen molar-refractivity contribution < 1.29 is 23.2 Å². The molecule has 0 heterocycles. The molecule has 0 aromatic rings. The molecule has 0 aliphatic carbocycles. The fourth-order valence-electron chi connectivity index (χ4n) is 0.242. The first-order valence-electron chi connectivity index (χ1n) is 2.07. The molecule has 0 aliphatic rings. The Labute approximate surface area is 52.7 Å². The molecule has 55 valence electrons. The lowest BCUT2D eigenvalue weighted by molar-refractivity contribution is 0.124. The molecule has 1 radical (unpaired) electrons. The highest BCUT2D eigenvalue weighted by Gasteiger charge is 2.12. The van der Waals surface area contributed by atoms with Crippen LogP contribution in [0.15, 0.2) is 0 Å². The van der Waals surface area contributed by atoms with Gasteiger partial charge in [-0.25, -0.2) is 0 Å². The molecule has 1 unspecified atom stereocenters. The van der Waals surface area contributed by atoms with Gasteiger partial charge in [0.1, 0.15) is 5.75 Å². The van der Waals surface area contributed by atoms with Gasteiger partial charge in [0, 0.05) is 0 Å². The van der Waals surface area contributed by atoms with Crippen LogP contribution >= 0.6 is 0 Å². The summed E-state index contributed by atoms with van der Waals surface area (Å²) >= 11 is 0. The van der Waals surface area contributed by atoms with Crippen LogP contribution in [0.25, 0.3) is 0 Å². The topological polar surface area (TPSA) is 94.8 Å². The zero-order valence-corrected chi connectivity index (χ0v) is 5.24. The quantitative estimate of drug-likeness (QED) is 0.426. The molecular formula is C3H7O5S. The summed E-state index contributed by atoms with van der Waals surface area (Å²) in [5, 5.41) is 16.4. The van der Waals surface area contributed by atoms with Gasteiger partial charge in [-0.15, -0.1) is 0 Å². The molecule has 0 bridgehead atoms. The lowest BCUT2D eigenvalue weighted by Gasteiger charge is -2.00. The maximum atomic E-state index is 9.83. The Bertz CT molecular complexity index is 159. The molecule has 9 heavy (non-hydrogen) atoms. The zero-order chi connectivity index (χ0) is 7.49. The second-order valence-electron chi connectivity index (χ2n) is 1.40. The van der Waals surface area contributed by atoms with Gasteiger partial charge in [-0.2, -0.15) is 8.42 Å². The molecule has 0 saturated heterocycles. The van der Waals surface area contributed by atoms with E-state index < -0.39 is 22.8 Å². The summed E-state index contributed by atoms with van der Waals surface area (Å²) in [5.74, 6) is 0.243. The molecule has 6 heteroatoms. The van der Waals surface area contributed by atoms with Crippen LogP contribution in [0.5, 0.6) is 0 Å². The average Bonchev–Trinajstić information content (AvgIpc) is 1.62. The molecule has 0 aromatic carbocycles. The summed E-state index contributed by atoms with van der Waals surface area (Å²) in [5.41, 5.74) is 0. The van der Waals surface area contributed by atoms with Gasteiger partial charge in [-0.3, -0.25) is 4.55 Å². The molecule has 0 aliphatic heterocycles. The number of aliphatic hydroxyl groups is 2. The van der Waals surface area contributed by atoms with E-state index in [0.29, 0.717) is 0 Å². The highest BCUT2D eigenvalue weighted by Crippen LogP contribution is 1.94. The minimum atomic E-state index is -4.27. The van der Waals surface area contributed by atoms with E-state index in [0.717, 1.165) is 0 Å². The number of hydrogen-bond donors (Lipinski definition) is 3. The van der Waals surface area contributed by atoms with Crippen molar-refractivity contribution in [2.75, 3.05) is 6.61 Å². The summed E-state index contributed by atoms with van der Waals surface area (Å²) in [7, 11) is -4.27. The summed E-state index contributed by atoms with van der Waals surface area (Å²) < 4.78 is 27.6.